The lowest BCUT2D eigenvalue weighted by Gasteiger charge is -2.27. The number of rotatable bonds is 7. The van der Waals surface area contributed by atoms with Crippen LogP contribution in [0.15, 0.2) is 59.5 Å². The monoisotopic (exact) mass is 552 g/mol. The highest BCUT2D eigenvalue weighted by atomic mass is 32.2. The summed E-state index contributed by atoms with van der Waals surface area (Å²) < 4.78 is 27.4. The van der Waals surface area contributed by atoms with E-state index in [2.05, 4.69) is 27.7 Å². The molecule has 38 heavy (non-hydrogen) atoms. The molecule has 0 spiro atoms. The van der Waals surface area contributed by atoms with Crippen molar-refractivity contribution < 1.29 is 18.0 Å². The number of benzene rings is 2. The van der Waals surface area contributed by atoms with Gasteiger partial charge < -0.3 is 10.6 Å². The first-order chi connectivity index (χ1) is 18.4. The number of hydrogen-bond donors (Lipinski definition) is 2. The van der Waals surface area contributed by atoms with Crippen LogP contribution in [0, 0.1) is 0 Å². The Morgan fingerprint density at radius 2 is 1.63 bits per heavy atom. The molecular weight excluding hydrogens is 520 g/mol. The predicted octanol–water partition coefficient (Wildman–Crippen LogP) is 4.09. The Balaban J connectivity index is 1.33. The molecule has 2 N–H and O–H groups in total. The lowest BCUT2D eigenvalue weighted by Crippen LogP contribution is -2.35. The van der Waals surface area contributed by atoms with Crippen LogP contribution in [-0.4, -0.2) is 56.1 Å². The van der Waals surface area contributed by atoms with Gasteiger partial charge in [0.05, 0.1) is 10.5 Å². The minimum Gasteiger partial charge on any atom is -0.355 e. The largest absolute Gasteiger partial charge is 0.355 e. The van der Waals surface area contributed by atoms with E-state index in [1.165, 1.54) is 45.5 Å². The van der Waals surface area contributed by atoms with Gasteiger partial charge in [0.2, 0.25) is 10.0 Å². The summed E-state index contributed by atoms with van der Waals surface area (Å²) in [5.41, 5.74) is 3.07. The number of thiophene rings is 1. The molecule has 1 aromatic heterocycles. The Morgan fingerprint density at radius 3 is 2.32 bits per heavy atom. The summed E-state index contributed by atoms with van der Waals surface area (Å²) in [6.07, 6.45) is 3.49. The van der Waals surface area contributed by atoms with Crippen LogP contribution in [0.2, 0.25) is 0 Å². The summed E-state index contributed by atoms with van der Waals surface area (Å²) in [5, 5.41) is 6.15. The van der Waals surface area contributed by atoms with Crippen LogP contribution < -0.4 is 10.6 Å². The topological polar surface area (TPSA) is 98.8 Å². The highest BCUT2D eigenvalue weighted by molar-refractivity contribution is 7.89. The molecule has 2 aromatic carbocycles. The van der Waals surface area contributed by atoms with Crippen molar-refractivity contribution in [3.8, 4) is 0 Å². The number of anilines is 1. The van der Waals surface area contributed by atoms with Gasteiger partial charge in [-0.25, -0.2) is 8.42 Å². The third-order valence-electron chi connectivity index (χ3n) is 7.14. The molecule has 1 saturated heterocycles. The highest BCUT2D eigenvalue weighted by Gasteiger charge is 2.29. The molecule has 0 saturated carbocycles. The third kappa shape index (κ3) is 5.54. The zero-order valence-electron chi connectivity index (χ0n) is 21.4. The standard InChI is InChI=1S/C28H32N4O4S2/c1-29-27(34)25-23-14-17-31(18-20-8-4-2-5-9-20)19-24(23)37-28(25)30-26(33)21-10-12-22(13-11-21)38(35,36)32-15-6-3-7-16-32/h2,4-5,8-13H,3,6-7,14-19H2,1H3,(H,29,34)(H,30,33). The van der Waals surface area contributed by atoms with Crippen molar-refractivity contribution in [2.24, 2.45) is 0 Å². The SMILES string of the molecule is CNC(=O)c1c(NC(=O)c2ccc(S(=O)(=O)N3CCCCC3)cc2)sc2c1CCN(Cc1ccccc1)C2. The molecule has 3 heterocycles. The van der Waals surface area contributed by atoms with E-state index in [0.717, 1.165) is 49.2 Å². The number of hydrogen-bond acceptors (Lipinski definition) is 6. The van der Waals surface area contributed by atoms with Crippen LogP contribution in [0.25, 0.3) is 0 Å². The van der Waals surface area contributed by atoms with E-state index in [-0.39, 0.29) is 16.7 Å². The number of fused-ring (bicyclic) bond motifs is 1. The number of nitrogens with one attached hydrogen (secondary N) is 2. The molecule has 8 nitrogen and oxygen atoms in total. The van der Waals surface area contributed by atoms with Gasteiger partial charge in [0, 0.05) is 50.2 Å². The molecule has 0 atom stereocenters. The second kappa shape index (κ2) is 11.4. The molecule has 3 aromatic rings. The molecule has 0 bridgehead atoms. The summed E-state index contributed by atoms with van der Waals surface area (Å²) >= 11 is 1.43. The van der Waals surface area contributed by atoms with Gasteiger partial charge in [-0.15, -0.1) is 11.3 Å². The quantitative estimate of drug-likeness (QED) is 0.460. The van der Waals surface area contributed by atoms with E-state index in [1.807, 2.05) is 18.2 Å². The van der Waals surface area contributed by atoms with Crippen molar-refractivity contribution >= 4 is 38.2 Å². The molecule has 0 radical (unpaired) electrons. The van der Waals surface area contributed by atoms with Crippen LogP contribution in [0.1, 0.15) is 56.0 Å². The molecule has 0 aliphatic carbocycles. The smallest absolute Gasteiger partial charge is 0.256 e. The average molecular weight is 553 g/mol. The number of amides is 2. The number of carbonyl (C=O) groups excluding carboxylic acids is 2. The Kier molecular flexibility index (Phi) is 7.94. The van der Waals surface area contributed by atoms with E-state index in [0.29, 0.717) is 35.8 Å². The van der Waals surface area contributed by atoms with E-state index < -0.39 is 10.0 Å². The second-order valence-corrected chi connectivity index (χ2v) is 12.7. The fourth-order valence-electron chi connectivity index (χ4n) is 5.09. The van der Waals surface area contributed by atoms with Crippen LogP contribution in [0.3, 0.4) is 0 Å². The lowest BCUT2D eigenvalue weighted by molar-refractivity contribution is 0.0962. The van der Waals surface area contributed by atoms with Gasteiger partial charge in [-0.2, -0.15) is 4.31 Å². The van der Waals surface area contributed by atoms with Gasteiger partial charge >= 0.3 is 0 Å². The zero-order valence-corrected chi connectivity index (χ0v) is 23.0. The molecule has 2 amide bonds. The van der Waals surface area contributed by atoms with Crippen molar-refractivity contribution in [2.75, 3.05) is 32.0 Å². The van der Waals surface area contributed by atoms with E-state index in [4.69, 9.17) is 0 Å². The first-order valence-electron chi connectivity index (χ1n) is 12.9. The van der Waals surface area contributed by atoms with Crippen LogP contribution in [-0.2, 0) is 29.5 Å². The average Bonchev–Trinajstić information content (AvgIpc) is 3.30. The van der Waals surface area contributed by atoms with Crippen molar-refractivity contribution in [1.29, 1.82) is 0 Å². The van der Waals surface area contributed by atoms with E-state index in [9.17, 15) is 18.0 Å². The maximum Gasteiger partial charge on any atom is 0.256 e. The Hall–Kier alpha value is -3.05. The predicted molar refractivity (Wildman–Crippen MR) is 149 cm³/mol. The summed E-state index contributed by atoms with van der Waals surface area (Å²) in [6.45, 7) is 3.40. The summed E-state index contributed by atoms with van der Waals surface area (Å²) in [7, 11) is -1.98. The first-order valence-corrected chi connectivity index (χ1v) is 15.2. The van der Waals surface area contributed by atoms with Gasteiger partial charge in [-0.05, 0) is 54.7 Å². The Bertz CT molecular complexity index is 1410. The fourth-order valence-corrected chi connectivity index (χ4v) is 7.89. The fraction of sp³-hybridized carbons (Fsp3) is 0.357. The molecule has 5 rings (SSSR count). The van der Waals surface area contributed by atoms with Crippen LogP contribution in [0.5, 0.6) is 0 Å². The van der Waals surface area contributed by atoms with Crippen molar-refractivity contribution in [1.82, 2.24) is 14.5 Å². The summed E-state index contributed by atoms with van der Waals surface area (Å²) in [4.78, 5) is 29.6. The zero-order chi connectivity index (χ0) is 26.7. The van der Waals surface area contributed by atoms with E-state index in [1.54, 1.807) is 7.05 Å². The maximum absolute atomic E-state index is 13.2. The third-order valence-corrected chi connectivity index (χ3v) is 10.2. The van der Waals surface area contributed by atoms with Crippen molar-refractivity contribution in [3.05, 3.63) is 81.7 Å². The minimum absolute atomic E-state index is 0.187. The van der Waals surface area contributed by atoms with Crippen molar-refractivity contribution in [3.63, 3.8) is 0 Å². The molecule has 10 heteroatoms. The Labute approximate surface area is 227 Å². The number of sulfonamides is 1. The molecule has 0 unspecified atom stereocenters. The molecular formula is C28H32N4O4S2. The second-order valence-electron chi connectivity index (χ2n) is 9.68. The van der Waals surface area contributed by atoms with Gasteiger partial charge in [0.1, 0.15) is 5.00 Å². The van der Waals surface area contributed by atoms with Crippen LogP contribution >= 0.6 is 11.3 Å². The highest BCUT2D eigenvalue weighted by Crippen LogP contribution is 2.38. The van der Waals surface area contributed by atoms with Crippen LogP contribution in [0.4, 0.5) is 5.00 Å². The molecule has 200 valence electrons. The van der Waals surface area contributed by atoms with E-state index >= 15 is 0 Å². The maximum atomic E-state index is 13.2. The number of nitrogens with zero attached hydrogens (tertiary/aromatic N) is 2. The molecule has 2 aliphatic heterocycles. The number of carbonyl (C=O) groups is 2. The van der Waals surface area contributed by atoms with Gasteiger partial charge in [0.25, 0.3) is 11.8 Å². The first kappa shape index (κ1) is 26.6. The molecule has 2 aliphatic rings. The van der Waals surface area contributed by atoms with Gasteiger partial charge in [-0.3, -0.25) is 14.5 Å². The summed E-state index contributed by atoms with van der Waals surface area (Å²) in [6, 6.07) is 16.3. The Morgan fingerprint density at radius 1 is 0.921 bits per heavy atom. The minimum atomic E-state index is -3.57. The van der Waals surface area contributed by atoms with Gasteiger partial charge in [-0.1, -0.05) is 36.8 Å². The molecule has 1 fully saturated rings. The summed E-state index contributed by atoms with van der Waals surface area (Å²) in [5.74, 6) is -0.603. The van der Waals surface area contributed by atoms with Gasteiger partial charge in [0.15, 0.2) is 0 Å². The normalized spacial score (nSPS) is 16.6. The lowest BCUT2D eigenvalue weighted by atomic mass is 10.0. The number of piperidine rings is 1. The van der Waals surface area contributed by atoms with Crippen molar-refractivity contribution in [2.45, 2.75) is 43.7 Å².